The first-order valence-corrected chi connectivity index (χ1v) is 9.96. The number of anilines is 2. The number of aryl methyl sites for hydroxylation is 2. The lowest BCUT2D eigenvalue weighted by molar-refractivity contribution is -0.137. The molecule has 4 rings (SSSR count). The third-order valence-corrected chi connectivity index (χ3v) is 5.14. The predicted octanol–water partition coefficient (Wildman–Crippen LogP) is 5.86. The zero-order valence-corrected chi connectivity index (χ0v) is 17.6. The molecule has 0 radical (unpaired) electrons. The van der Waals surface area contributed by atoms with Crippen LogP contribution < -0.4 is 10.2 Å². The number of nitrogens with zero attached hydrogens (tertiary/aromatic N) is 1. The maximum Gasteiger partial charge on any atom is 0.416 e. The SMILES string of the molecule is Cc1cc(C)cc(N2C(=O)C(Nc3cccc(C(F)(F)F)c3)=C(c3ccc(F)cc3)C2=O)c1. The van der Waals surface area contributed by atoms with E-state index in [-0.39, 0.29) is 22.5 Å². The highest BCUT2D eigenvalue weighted by atomic mass is 19.4. The highest BCUT2D eigenvalue weighted by Gasteiger charge is 2.40. The Kier molecular flexibility index (Phi) is 5.53. The zero-order chi connectivity index (χ0) is 23.9. The Balaban J connectivity index is 1.83. The van der Waals surface area contributed by atoms with Gasteiger partial charge >= 0.3 is 6.18 Å². The summed E-state index contributed by atoms with van der Waals surface area (Å²) in [6.45, 7) is 3.63. The number of halogens is 4. The fraction of sp³-hybridized carbons (Fsp3) is 0.120. The molecule has 0 unspecified atom stereocenters. The van der Waals surface area contributed by atoms with Gasteiger partial charge in [-0.05, 0) is 73.0 Å². The van der Waals surface area contributed by atoms with Crippen LogP contribution >= 0.6 is 0 Å². The summed E-state index contributed by atoms with van der Waals surface area (Å²) < 4.78 is 52.9. The van der Waals surface area contributed by atoms with Gasteiger partial charge in [0.15, 0.2) is 0 Å². The summed E-state index contributed by atoms with van der Waals surface area (Å²) in [5.41, 5.74) is 1.09. The van der Waals surface area contributed by atoms with E-state index in [1.165, 1.54) is 24.3 Å². The van der Waals surface area contributed by atoms with Crippen LogP contribution in [0.15, 0.2) is 72.4 Å². The van der Waals surface area contributed by atoms with E-state index >= 15 is 0 Å². The molecule has 8 heteroatoms. The summed E-state index contributed by atoms with van der Waals surface area (Å²) in [4.78, 5) is 27.7. The molecular weight excluding hydrogens is 436 g/mol. The Morgan fingerprint density at radius 1 is 0.818 bits per heavy atom. The lowest BCUT2D eigenvalue weighted by atomic mass is 10.0. The smallest absolute Gasteiger partial charge is 0.350 e. The van der Waals surface area contributed by atoms with E-state index in [9.17, 15) is 27.2 Å². The maximum atomic E-state index is 13.5. The van der Waals surface area contributed by atoms with Crippen LogP contribution in [0, 0.1) is 19.7 Å². The number of amides is 2. The number of hydrogen-bond donors (Lipinski definition) is 1. The second-order valence-corrected chi connectivity index (χ2v) is 7.75. The molecule has 0 fully saturated rings. The van der Waals surface area contributed by atoms with Crippen molar-refractivity contribution >= 4 is 28.8 Å². The molecule has 1 aliphatic heterocycles. The molecule has 3 aromatic carbocycles. The Morgan fingerprint density at radius 2 is 1.45 bits per heavy atom. The highest BCUT2D eigenvalue weighted by molar-refractivity contribution is 6.46. The van der Waals surface area contributed by atoms with Crippen molar-refractivity contribution in [2.24, 2.45) is 0 Å². The molecule has 1 aliphatic rings. The Hall–Kier alpha value is -3.94. The number of rotatable bonds is 4. The number of carbonyl (C=O) groups excluding carboxylic acids is 2. The fourth-order valence-corrected chi connectivity index (χ4v) is 3.76. The standard InChI is InChI=1S/C25H18F4N2O2/c1-14-10-15(2)12-20(11-14)31-23(32)21(16-6-8-18(26)9-7-16)22(24(31)33)30-19-5-3-4-17(13-19)25(27,28)29/h3-13,30H,1-2H3. The first kappa shape index (κ1) is 22.3. The molecule has 168 valence electrons. The van der Waals surface area contributed by atoms with Crippen molar-refractivity contribution in [3.8, 4) is 0 Å². The van der Waals surface area contributed by atoms with E-state index in [1.54, 1.807) is 12.1 Å². The molecule has 0 aliphatic carbocycles. The van der Waals surface area contributed by atoms with Crippen LogP contribution in [0.4, 0.5) is 28.9 Å². The van der Waals surface area contributed by atoms with Gasteiger partial charge in [0.05, 0.1) is 16.8 Å². The van der Waals surface area contributed by atoms with Crippen LogP contribution in [-0.2, 0) is 15.8 Å². The van der Waals surface area contributed by atoms with Crippen LogP contribution in [0.1, 0.15) is 22.3 Å². The Morgan fingerprint density at radius 3 is 2.06 bits per heavy atom. The minimum absolute atomic E-state index is 0.0112. The van der Waals surface area contributed by atoms with E-state index in [0.29, 0.717) is 5.69 Å². The van der Waals surface area contributed by atoms with E-state index < -0.39 is 29.4 Å². The van der Waals surface area contributed by atoms with E-state index in [4.69, 9.17) is 0 Å². The summed E-state index contributed by atoms with van der Waals surface area (Å²) in [5, 5.41) is 2.70. The Bertz CT molecular complexity index is 1270. The van der Waals surface area contributed by atoms with E-state index in [0.717, 1.165) is 40.3 Å². The van der Waals surface area contributed by atoms with E-state index in [1.807, 2.05) is 19.9 Å². The van der Waals surface area contributed by atoms with Gasteiger partial charge in [-0.15, -0.1) is 0 Å². The molecular formula is C25H18F4N2O2. The summed E-state index contributed by atoms with van der Waals surface area (Å²) >= 11 is 0. The van der Waals surface area contributed by atoms with Crippen molar-refractivity contribution in [1.29, 1.82) is 0 Å². The summed E-state index contributed by atoms with van der Waals surface area (Å²) in [6, 6.07) is 14.5. The van der Waals surface area contributed by atoms with Crippen molar-refractivity contribution in [2.75, 3.05) is 10.2 Å². The summed E-state index contributed by atoms with van der Waals surface area (Å²) in [6.07, 6.45) is -4.58. The lowest BCUT2D eigenvalue weighted by Gasteiger charge is -2.17. The number of carbonyl (C=O) groups is 2. The molecule has 0 spiro atoms. The molecule has 1 heterocycles. The third kappa shape index (κ3) is 4.37. The van der Waals surface area contributed by atoms with Gasteiger partial charge in [-0.1, -0.05) is 24.3 Å². The van der Waals surface area contributed by atoms with Crippen LogP contribution in [0.25, 0.3) is 5.57 Å². The second kappa shape index (κ2) is 8.20. The average Bonchev–Trinajstić information content (AvgIpc) is 2.97. The van der Waals surface area contributed by atoms with Crippen LogP contribution in [0.2, 0.25) is 0 Å². The van der Waals surface area contributed by atoms with Crippen molar-refractivity contribution < 1.29 is 27.2 Å². The average molecular weight is 454 g/mol. The molecule has 0 atom stereocenters. The van der Waals surface area contributed by atoms with Gasteiger partial charge in [-0.3, -0.25) is 9.59 Å². The van der Waals surface area contributed by atoms with Crippen LogP contribution in [0.3, 0.4) is 0 Å². The quantitative estimate of drug-likeness (QED) is 0.397. The maximum absolute atomic E-state index is 13.5. The molecule has 2 amide bonds. The highest BCUT2D eigenvalue weighted by Crippen LogP contribution is 2.36. The summed E-state index contributed by atoms with van der Waals surface area (Å²) in [5.74, 6) is -1.91. The third-order valence-electron chi connectivity index (χ3n) is 5.14. The van der Waals surface area contributed by atoms with Crippen molar-refractivity contribution in [1.82, 2.24) is 0 Å². The van der Waals surface area contributed by atoms with Crippen LogP contribution in [0.5, 0.6) is 0 Å². The van der Waals surface area contributed by atoms with Crippen molar-refractivity contribution in [2.45, 2.75) is 20.0 Å². The first-order chi connectivity index (χ1) is 15.5. The van der Waals surface area contributed by atoms with Gasteiger partial charge in [-0.2, -0.15) is 13.2 Å². The van der Waals surface area contributed by atoms with Gasteiger partial charge < -0.3 is 5.32 Å². The van der Waals surface area contributed by atoms with Crippen LogP contribution in [-0.4, -0.2) is 11.8 Å². The zero-order valence-electron chi connectivity index (χ0n) is 17.6. The molecule has 3 aromatic rings. The van der Waals surface area contributed by atoms with Gasteiger partial charge in [-0.25, -0.2) is 9.29 Å². The molecule has 0 saturated carbocycles. The second-order valence-electron chi connectivity index (χ2n) is 7.75. The number of alkyl halides is 3. The fourth-order valence-electron chi connectivity index (χ4n) is 3.76. The first-order valence-electron chi connectivity index (χ1n) is 9.96. The summed E-state index contributed by atoms with van der Waals surface area (Å²) in [7, 11) is 0. The van der Waals surface area contributed by atoms with Gasteiger partial charge in [0.1, 0.15) is 11.5 Å². The molecule has 1 N–H and O–H groups in total. The van der Waals surface area contributed by atoms with Gasteiger partial charge in [0.2, 0.25) is 0 Å². The Labute approximate surface area is 187 Å². The predicted molar refractivity (Wildman–Crippen MR) is 117 cm³/mol. The van der Waals surface area contributed by atoms with Crippen molar-refractivity contribution in [3.63, 3.8) is 0 Å². The molecule has 0 aromatic heterocycles. The number of imide groups is 1. The number of nitrogens with one attached hydrogen (secondary N) is 1. The lowest BCUT2D eigenvalue weighted by Crippen LogP contribution is -2.32. The molecule has 0 saturated heterocycles. The molecule has 0 bridgehead atoms. The topological polar surface area (TPSA) is 49.4 Å². The van der Waals surface area contributed by atoms with Gasteiger partial charge in [0, 0.05) is 5.69 Å². The normalized spacial score (nSPS) is 14.3. The monoisotopic (exact) mass is 454 g/mol. The molecule has 33 heavy (non-hydrogen) atoms. The largest absolute Gasteiger partial charge is 0.416 e. The minimum atomic E-state index is -4.58. The minimum Gasteiger partial charge on any atom is -0.350 e. The molecule has 4 nitrogen and oxygen atoms in total. The number of benzene rings is 3. The number of hydrogen-bond acceptors (Lipinski definition) is 3. The van der Waals surface area contributed by atoms with Gasteiger partial charge in [0.25, 0.3) is 11.8 Å². The van der Waals surface area contributed by atoms with Crippen molar-refractivity contribution in [3.05, 3.63) is 100 Å². The van der Waals surface area contributed by atoms with E-state index in [2.05, 4.69) is 5.32 Å².